The van der Waals surface area contributed by atoms with Gasteiger partial charge >= 0.3 is 13.3 Å². The summed E-state index contributed by atoms with van der Waals surface area (Å²) in [6, 6.07) is 0. The third-order valence-corrected chi connectivity index (χ3v) is 3.36. The fourth-order valence-corrected chi connectivity index (χ4v) is 1.58. The molecule has 0 radical (unpaired) electrons. The number of carbonyl (C=O) groups is 1. The van der Waals surface area contributed by atoms with Crippen molar-refractivity contribution in [1.29, 1.82) is 0 Å². The zero-order chi connectivity index (χ0) is 16.7. The van der Waals surface area contributed by atoms with E-state index >= 15 is 0 Å². The smallest absolute Gasteiger partial charge is 0.433 e. The third-order valence-electron chi connectivity index (χ3n) is 1.29. The molecule has 0 saturated heterocycles. The van der Waals surface area contributed by atoms with E-state index < -0.39 is 13.3 Å². The van der Waals surface area contributed by atoms with Crippen LogP contribution in [0.25, 0.3) is 0 Å². The van der Waals surface area contributed by atoms with Crippen LogP contribution in [0.5, 0.6) is 0 Å². The fraction of sp³-hybridized carbons (Fsp3) is 0. The van der Waals surface area contributed by atoms with Crippen LogP contribution in [0.1, 0.15) is 0 Å². The molecule has 3 rings (SSSR count). The summed E-state index contributed by atoms with van der Waals surface area (Å²) in [5, 5.41) is 13.3. The molecule has 0 spiro atoms. The topological polar surface area (TPSA) is 134 Å². The molecule has 3 N–H and O–H groups in total. The van der Waals surface area contributed by atoms with Gasteiger partial charge in [0, 0.05) is 34.7 Å². The number of hydrogen-bond acceptors (Lipinski definition) is 8. The molecule has 0 aliphatic heterocycles. The maximum absolute atomic E-state index is 9.43. The molecule has 120 valence electrons. The van der Waals surface area contributed by atoms with Gasteiger partial charge in [0.05, 0.1) is 16.5 Å². The summed E-state index contributed by atoms with van der Waals surface area (Å²) >= 11 is 4.81. The van der Waals surface area contributed by atoms with Crippen molar-refractivity contribution in [2.75, 3.05) is 0 Å². The Morgan fingerprint density at radius 1 is 0.818 bits per heavy atom. The largest absolute Gasteiger partial charge is 0.472 e. The van der Waals surface area contributed by atoms with Crippen LogP contribution in [0.4, 0.5) is 4.79 Å². The van der Waals surface area contributed by atoms with Gasteiger partial charge in [0.1, 0.15) is 0 Å². The summed E-state index contributed by atoms with van der Waals surface area (Å²) in [5.74, 6) is 0. The van der Waals surface area contributed by atoms with Crippen LogP contribution in [0, 0.1) is 0 Å². The first kappa shape index (κ1) is 20.5. The molecule has 3 heterocycles. The predicted octanol–water partition coefficient (Wildman–Crippen LogP) is 3.27. The van der Waals surface area contributed by atoms with E-state index in [1.165, 1.54) is 0 Å². The maximum atomic E-state index is 9.43. The van der Waals surface area contributed by atoms with Crippen molar-refractivity contribution < 1.29 is 24.3 Å². The van der Waals surface area contributed by atoms with Crippen molar-refractivity contribution in [3.05, 3.63) is 51.3 Å². The van der Waals surface area contributed by atoms with E-state index in [0.717, 1.165) is 0 Å². The Kier molecular flexibility index (Phi) is 12.3. The molecule has 0 saturated carbocycles. The molecule has 3 aromatic rings. The van der Waals surface area contributed by atoms with E-state index in [1.54, 1.807) is 69.1 Å². The molecule has 0 aliphatic carbocycles. The van der Waals surface area contributed by atoms with Gasteiger partial charge < -0.3 is 14.9 Å². The lowest BCUT2D eigenvalue weighted by molar-refractivity contribution is 0.208. The Bertz CT molecular complexity index is 484. The standard InChI is InChI=1S/3C3H3NS.CH3O5P/c3*1-2-5-3-4-1;2-1(3)7(4,5)6/h3*1-3H;(H,2,3)(H2,4,5,6). The second-order valence-corrected chi connectivity index (χ2v) is 6.59. The van der Waals surface area contributed by atoms with E-state index in [0.29, 0.717) is 0 Å². The Balaban J connectivity index is 0.000000269. The number of nitrogens with zero attached hydrogens (tertiary/aromatic N) is 3. The molecule has 0 aliphatic rings. The number of aromatic nitrogens is 3. The van der Waals surface area contributed by atoms with Gasteiger partial charge in [-0.05, 0) is 0 Å². The monoisotopic (exact) mass is 381 g/mol. The van der Waals surface area contributed by atoms with Crippen molar-refractivity contribution in [2.45, 2.75) is 0 Å². The lowest BCUT2D eigenvalue weighted by Gasteiger charge is -1.90. The Labute approximate surface area is 138 Å². The summed E-state index contributed by atoms with van der Waals surface area (Å²) in [4.78, 5) is 35.7. The van der Waals surface area contributed by atoms with Gasteiger partial charge in [0.2, 0.25) is 0 Å². The van der Waals surface area contributed by atoms with Gasteiger partial charge in [0.15, 0.2) is 0 Å². The van der Waals surface area contributed by atoms with Crippen molar-refractivity contribution in [3.8, 4) is 0 Å². The number of carboxylic acid groups (broad SMARTS) is 1. The van der Waals surface area contributed by atoms with E-state index in [4.69, 9.17) is 14.9 Å². The second kappa shape index (κ2) is 13.2. The van der Waals surface area contributed by atoms with Gasteiger partial charge in [-0.25, -0.2) is 9.36 Å². The molecule has 0 unspecified atom stereocenters. The Morgan fingerprint density at radius 3 is 1.14 bits per heavy atom. The summed E-state index contributed by atoms with van der Waals surface area (Å²) in [7, 11) is -4.82. The highest BCUT2D eigenvalue weighted by atomic mass is 32.1. The van der Waals surface area contributed by atoms with Crippen LogP contribution < -0.4 is 0 Å². The molecular weight excluding hydrogens is 369 g/mol. The fourth-order valence-electron chi connectivity index (χ4n) is 0.527. The maximum Gasteiger partial charge on any atom is 0.433 e. The van der Waals surface area contributed by atoms with Gasteiger partial charge in [0.25, 0.3) is 0 Å². The van der Waals surface area contributed by atoms with Gasteiger partial charge in [-0.3, -0.25) is 15.0 Å². The zero-order valence-corrected chi connectivity index (χ0v) is 14.2. The molecule has 3 aromatic heterocycles. The minimum Gasteiger partial charge on any atom is -0.472 e. The van der Waals surface area contributed by atoms with Crippen molar-refractivity contribution in [2.24, 2.45) is 0 Å². The normalized spacial score (nSPS) is 9.00. The molecule has 0 amide bonds. The highest BCUT2D eigenvalue weighted by Crippen LogP contribution is 2.34. The molecule has 0 fully saturated rings. The van der Waals surface area contributed by atoms with Crippen LogP contribution in [0.15, 0.2) is 51.3 Å². The number of hydrogen-bond donors (Lipinski definition) is 3. The molecular formula is C10H12N3O5PS3. The van der Waals surface area contributed by atoms with E-state index in [-0.39, 0.29) is 0 Å². The summed E-state index contributed by atoms with van der Waals surface area (Å²) in [6.45, 7) is 0. The van der Waals surface area contributed by atoms with Crippen LogP contribution in [0.2, 0.25) is 0 Å². The summed E-state index contributed by atoms with van der Waals surface area (Å²) in [5.41, 5.74) is 3.28. The lowest BCUT2D eigenvalue weighted by atomic mass is 11.0. The highest BCUT2D eigenvalue weighted by molar-refractivity contribution is 7.69. The van der Waals surface area contributed by atoms with Gasteiger partial charge in [-0.2, -0.15) is 0 Å². The molecule has 12 heteroatoms. The predicted molar refractivity (Wildman–Crippen MR) is 86.4 cm³/mol. The van der Waals surface area contributed by atoms with E-state index in [9.17, 15) is 9.36 Å². The van der Waals surface area contributed by atoms with Crippen LogP contribution in [-0.2, 0) is 4.57 Å². The van der Waals surface area contributed by atoms with Crippen molar-refractivity contribution >= 4 is 47.3 Å². The number of thiazole rings is 3. The van der Waals surface area contributed by atoms with Crippen molar-refractivity contribution in [1.82, 2.24) is 15.0 Å². The highest BCUT2D eigenvalue weighted by Gasteiger charge is 2.23. The molecule has 0 bridgehead atoms. The number of rotatable bonds is 1. The summed E-state index contributed by atoms with van der Waals surface area (Å²) in [6.07, 6.45) is 5.31. The lowest BCUT2D eigenvalue weighted by Crippen LogP contribution is -1.90. The third kappa shape index (κ3) is 14.9. The molecule has 0 atom stereocenters. The van der Waals surface area contributed by atoms with Crippen molar-refractivity contribution in [3.63, 3.8) is 0 Å². The molecule has 8 nitrogen and oxygen atoms in total. The van der Waals surface area contributed by atoms with E-state index in [1.807, 2.05) is 16.1 Å². The summed E-state index contributed by atoms with van der Waals surface area (Å²) < 4.78 is 9.43. The molecule has 0 aromatic carbocycles. The second-order valence-electron chi connectivity index (χ2n) is 2.85. The Hall–Kier alpha value is -1.49. The average Bonchev–Trinajstić information content (AvgIpc) is 3.23. The first-order chi connectivity index (χ1) is 10.4. The minimum atomic E-state index is -4.82. The average molecular weight is 381 g/mol. The first-order valence-corrected chi connectivity index (χ1v) is 9.64. The zero-order valence-electron chi connectivity index (χ0n) is 10.9. The minimum absolute atomic E-state index is 1.60. The quantitative estimate of drug-likeness (QED) is 0.547. The van der Waals surface area contributed by atoms with Gasteiger partial charge in [-0.15, -0.1) is 34.0 Å². The van der Waals surface area contributed by atoms with Crippen LogP contribution >= 0.6 is 41.6 Å². The van der Waals surface area contributed by atoms with Gasteiger partial charge in [-0.1, -0.05) is 0 Å². The Morgan fingerprint density at radius 2 is 1.09 bits per heavy atom. The SMILES string of the molecule is O=C(O)P(=O)(O)O.c1cscn1.c1cscn1.c1cscn1. The molecule has 22 heavy (non-hydrogen) atoms. The van der Waals surface area contributed by atoms with Crippen LogP contribution in [-0.4, -0.2) is 35.6 Å². The van der Waals surface area contributed by atoms with E-state index in [2.05, 4.69) is 15.0 Å². The van der Waals surface area contributed by atoms with Crippen LogP contribution in [0.3, 0.4) is 0 Å². The first-order valence-electron chi connectivity index (χ1n) is 5.20.